The maximum atomic E-state index is 11.8. The van der Waals surface area contributed by atoms with Crippen LogP contribution in [0.15, 0.2) is 10.9 Å². The number of rotatable bonds is 8. The lowest BCUT2D eigenvalue weighted by Gasteiger charge is -2.11. The number of methoxy groups -OCH3 is 1. The van der Waals surface area contributed by atoms with Crippen molar-refractivity contribution in [1.82, 2.24) is 14.9 Å². The zero-order valence-corrected chi connectivity index (χ0v) is 11.2. The van der Waals surface area contributed by atoms with Crippen LogP contribution in [0.4, 0.5) is 0 Å². The molecule has 102 valence electrons. The minimum absolute atomic E-state index is 0.0917. The number of hydrogen-bond acceptors (Lipinski definition) is 5. The summed E-state index contributed by atoms with van der Waals surface area (Å²) >= 11 is 0. The molecule has 0 aromatic carbocycles. The number of hydrogen-bond donors (Lipinski definition) is 1. The predicted molar refractivity (Wildman–Crippen MR) is 69.1 cm³/mol. The Morgan fingerprint density at radius 2 is 2.22 bits per heavy atom. The van der Waals surface area contributed by atoms with Crippen molar-refractivity contribution in [2.75, 3.05) is 33.4 Å². The van der Waals surface area contributed by atoms with Crippen molar-refractivity contribution in [3.63, 3.8) is 0 Å². The molecule has 0 spiro atoms. The first-order valence-electron chi connectivity index (χ1n) is 6.10. The average molecular weight is 255 g/mol. The van der Waals surface area contributed by atoms with Crippen molar-refractivity contribution in [2.45, 2.75) is 20.4 Å². The molecule has 18 heavy (non-hydrogen) atoms. The second-order valence-corrected chi connectivity index (χ2v) is 3.82. The molecule has 1 aromatic rings. The molecular weight excluding hydrogens is 234 g/mol. The van der Waals surface area contributed by atoms with Crippen molar-refractivity contribution in [3.05, 3.63) is 22.1 Å². The van der Waals surface area contributed by atoms with Crippen LogP contribution in [0.5, 0.6) is 6.01 Å². The molecule has 0 amide bonds. The van der Waals surface area contributed by atoms with E-state index in [4.69, 9.17) is 9.47 Å². The van der Waals surface area contributed by atoms with Gasteiger partial charge in [0.2, 0.25) is 0 Å². The average Bonchev–Trinajstić information content (AvgIpc) is 2.35. The van der Waals surface area contributed by atoms with Gasteiger partial charge in [-0.25, -0.2) is 4.98 Å². The molecule has 1 heterocycles. The maximum Gasteiger partial charge on any atom is 0.299 e. The van der Waals surface area contributed by atoms with Crippen LogP contribution in [0.25, 0.3) is 0 Å². The molecule has 6 nitrogen and oxygen atoms in total. The summed E-state index contributed by atoms with van der Waals surface area (Å²) in [5.74, 6) is 0. The molecule has 0 aliphatic rings. The highest BCUT2D eigenvalue weighted by Crippen LogP contribution is 2.03. The fourth-order valence-electron chi connectivity index (χ4n) is 1.56. The first-order chi connectivity index (χ1) is 8.69. The lowest BCUT2D eigenvalue weighted by atomic mass is 10.4. The molecular formula is C12H21N3O3. The number of aromatic nitrogens is 2. The molecule has 0 aliphatic carbocycles. The van der Waals surface area contributed by atoms with Crippen molar-refractivity contribution in [2.24, 2.45) is 0 Å². The summed E-state index contributed by atoms with van der Waals surface area (Å²) in [5.41, 5.74) is 0.573. The molecule has 1 rings (SSSR count). The molecule has 0 unspecified atom stereocenters. The van der Waals surface area contributed by atoms with Gasteiger partial charge in [0.25, 0.3) is 11.6 Å². The fourth-order valence-corrected chi connectivity index (χ4v) is 1.56. The minimum atomic E-state index is -0.0917. The van der Waals surface area contributed by atoms with E-state index in [0.29, 0.717) is 31.4 Å². The Morgan fingerprint density at radius 1 is 1.44 bits per heavy atom. The van der Waals surface area contributed by atoms with Gasteiger partial charge in [-0.3, -0.25) is 9.36 Å². The number of nitrogens with one attached hydrogen (secondary N) is 1. The van der Waals surface area contributed by atoms with Crippen LogP contribution in [-0.4, -0.2) is 43.0 Å². The largest absolute Gasteiger partial charge is 0.468 e. The van der Waals surface area contributed by atoms with Gasteiger partial charge in [-0.1, -0.05) is 0 Å². The molecule has 0 atom stereocenters. The standard InChI is InChI=1S/C12H21N3O3/c1-4-18-8-6-13-5-7-15-11(16)9-10(2)14-12(15)17-3/h9,13H,4-8H2,1-3H3. The van der Waals surface area contributed by atoms with Gasteiger partial charge < -0.3 is 14.8 Å². The van der Waals surface area contributed by atoms with E-state index in [9.17, 15) is 4.79 Å². The quantitative estimate of drug-likeness (QED) is 0.672. The zero-order chi connectivity index (χ0) is 13.4. The smallest absolute Gasteiger partial charge is 0.299 e. The summed E-state index contributed by atoms with van der Waals surface area (Å²) in [7, 11) is 1.51. The highest BCUT2D eigenvalue weighted by molar-refractivity contribution is 5.06. The Morgan fingerprint density at radius 3 is 2.89 bits per heavy atom. The van der Waals surface area contributed by atoms with E-state index in [2.05, 4.69) is 10.3 Å². The van der Waals surface area contributed by atoms with Crippen LogP contribution in [0.2, 0.25) is 0 Å². The highest BCUT2D eigenvalue weighted by Gasteiger charge is 2.06. The summed E-state index contributed by atoms with van der Waals surface area (Å²) in [6.07, 6.45) is 0. The third-order valence-electron chi connectivity index (χ3n) is 2.42. The fraction of sp³-hybridized carbons (Fsp3) is 0.667. The third-order valence-corrected chi connectivity index (χ3v) is 2.42. The van der Waals surface area contributed by atoms with Gasteiger partial charge in [-0.2, -0.15) is 0 Å². The van der Waals surface area contributed by atoms with E-state index in [1.807, 2.05) is 6.92 Å². The predicted octanol–water partition coefficient (Wildman–Crippen LogP) is 0.186. The van der Waals surface area contributed by atoms with E-state index in [1.165, 1.54) is 17.7 Å². The molecule has 0 radical (unpaired) electrons. The van der Waals surface area contributed by atoms with E-state index in [-0.39, 0.29) is 5.56 Å². The van der Waals surface area contributed by atoms with Gasteiger partial charge in [0.1, 0.15) is 0 Å². The van der Waals surface area contributed by atoms with Crippen LogP contribution >= 0.6 is 0 Å². The highest BCUT2D eigenvalue weighted by atomic mass is 16.5. The molecule has 0 saturated heterocycles. The topological polar surface area (TPSA) is 65.4 Å². The molecule has 0 aliphatic heterocycles. The van der Waals surface area contributed by atoms with E-state index < -0.39 is 0 Å². The summed E-state index contributed by atoms with van der Waals surface area (Å²) in [5, 5.41) is 3.19. The van der Waals surface area contributed by atoms with Crippen LogP contribution in [-0.2, 0) is 11.3 Å². The van der Waals surface area contributed by atoms with Crippen LogP contribution < -0.4 is 15.6 Å². The number of aryl methyl sites for hydroxylation is 1. The van der Waals surface area contributed by atoms with E-state index in [0.717, 1.165) is 13.2 Å². The van der Waals surface area contributed by atoms with Crippen LogP contribution in [0.3, 0.4) is 0 Å². The summed E-state index contributed by atoms with van der Waals surface area (Å²) in [6, 6.07) is 1.86. The first kappa shape index (κ1) is 14.7. The second-order valence-electron chi connectivity index (χ2n) is 3.82. The second kappa shape index (κ2) is 7.84. The van der Waals surface area contributed by atoms with Crippen LogP contribution in [0, 0.1) is 6.92 Å². The van der Waals surface area contributed by atoms with Gasteiger partial charge in [0.15, 0.2) is 0 Å². The van der Waals surface area contributed by atoms with E-state index >= 15 is 0 Å². The minimum Gasteiger partial charge on any atom is -0.468 e. The Bertz CT molecular complexity index is 418. The maximum absolute atomic E-state index is 11.8. The van der Waals surface area contributed by atoms with Gasteiger partial charge >= 0.3 is 0 Å². The molecule has 6 heteroatoms. The van der Waals surface area contributed by atoms with Crippen molar-refractivity contribution >= 4 is 0 Å². The van der Waals surface area contributed by atoms with Gasteiger partial charge in [0.05, 0.1) is 13.7 Å². The molecule has 0 saturated carbocycles. The normalized spacial score (nSPS) is 10.6. The summed E-state index contributed by atoms with van der Waals surface area (Å²) in [4.78, 5) is 15.9. The molecule has 0 bridgehead atoms. The lowest BCUT2D eigenvalue weighted by molar-refractivity contribution is 0.149. The van der Waals surface area contributed by atoms with Gasteiger partial charge in [-0.15, -0.1) is 0 Å². The Labute approximate surface area is 107 Å². The van der Waals surface area contributed by atoms with Crippen molar-refractivity contribution < 1.29 is 9.47 Å². The first-order valence-corrected chi connectivity index (χ1v) is 6.10. The van der Waals surface area contributed by atoms with Crippen molar-refractivity contribution in [1.29, 1.82) is 0 Å². The molecule has 1 aromatic heterocycles. The van der Waals surface area contributed by atoms with Crippen molar-refractivity contribution in [3.8, 4) is 6.01 Å². The Hall–Kier alpha value is -1.40. The third kappa shape index (κ3) is 4.46. The number of nitrogens with zero attached hydrogens (tertiary/aromatic N) is 2. The van der Waals surface area contributed by atoms with E-state index in [1.54, 1.807) is 6.92 Å². The molecule has 1 N–H and O–H groups in total. The van der Waals surface area contributed by atoms with Crippen LogP contribution in [0.1, 0.15) is 12.6 Å². The Balaban J connectivity index is 2.49. The number of ether oxygens (including phenoxy) is 2. The zero-order valence-electron chi connectivity index (χ0n) is 11.2. The van der Waals surface area contributed by atoms with Gasteiger partial charge in [0, 0.05) is 38.0 Å². The lowest BCUT2D eigenvalue weighted by Crippen LogP contribution is -2.30. The SMILES string of the molecule is CCOCCNCCn1c(OC)nc(C)cc1=O. The van der Waals surface area contributed by atoms with Gasteiger partial charge in [-0.05, 0) is 13.8 Å². The summed E-state index contributed by atoms with van der Waals surface area (Å²) < 4.78 is 11.8. The monoisotopic (exact) mass is 255 g/mol. The Kier molecular flexibility index (Phi) is 6.38. The summed E-state index contributed by atoms with van der Waals surface area (Å²) in [6.45, 7) is 7.10. The molecule has 0 fully saturated rings.